The normalized spacial score (nSPS) is 10.6. The van der Waals surface area contributed by atoms with Crippen molar-refractivity contribution in [2.45, 2.75) is 6.92 Å². The number of benzene rings is 1. The summed E-state index contributed by atoms with van der Waals surface area (Å²) >= 11 is 0. The van der Waals surface area contributed by atoms with Crippen LogP contribution in [0, 0.1) is 12.7 Å². The average Bonchev–Trinajstić information content (AvgIpc) is 2.89. The highest BCUT2D eigenvalue weighted by Gasteiger charge is 2.05. The van der Waals surface area contributed by atoms with Crippen molar-refractivity contribution in [2.24, 2.45) is 0 Å². The van der Waals surface area contributed by atoms with E-state index in [9.17, 15) is 4.39 Å². The first-order chi connectivity index (χ1) is 9.22. The molecule has 19 heavy (non-hydrogen) atoms. The molecule has 2 aromatic heterocycles. The van der Waals surface area contributed by atoms with Crippen LogP contribution in [0.2, 0.25) is 0 Å². The van der Waals surface area contributed by atoms with Crippen LogP contribution >= 0.6 is 0 Å². The monoisotopic (exact) mass is 254 g/mol. The highest BCUT2D eigenvalue weighted by molar-refractivity contribution is 5.61. The van der Waals surface area contributed by atoms with Gasteiger partial charge < -0.3 is 0 Å². The van der Waals surface area contributed by atoms with Crippen molar-refractivity contribution in [1.82, 2.24) is 20.0 Å². The molecule has 0 atom stereocenters. The summed E-state index contributed by atoms with van der Waals surface area (Å²) in [5.41, 5.74) is 2.47. The van der Waals surface area contributed by atoms with Crippen LogP contribution in [0.4, 0.5) is 4.39 Å². The van der Waals surface area contributed by atoms with Crippen LogP contribution in [0.1, 0.15) is 5.69 Å². The van der Waals surface area contributed by atoms with Gasteiger partial charge in [0.15, 0.2) is 5.82 Å². The lowest BCUT2D eigenvalue weighted by Crippen LogP contribution is -1.99. The van der Waals surface area contributed by atoms with Gasteiger partial charge in [0.25, 0.3) is 0 Å². The molecule has 0 bridgehead atoms. The van der Waals surface area contributed by atoms with Crippen molar-refractivity contribution in [1.29, 1.82) is 0 Å². The minimum absolute atomic E-state index is 0.264. The molecule has 3 aromatic rings. The molecule has 0 unspecified atom stereocenters. The van der Waals surface area contributed by atoms with Gasteiger partial charge in [0.1, 0.15) is 5.82 Å². The van der Waals surface area contributed by atoms with Crippen molar-refractivity contribution < 1.29 is 4.39 Å². The maximum atomic E-state index is 13.2. The largest absolute Gasteiger partial charge is 0.220 e. The van der Waals surface area contributed by atoms with Crippen LogP contribution < -0.4 is 0 Å². The highest BCUT2D eigenvalue weighted by Crippen LogP contribution is 2.20. The van der Waals surface area contributed by atoms with E-state index in [0.717, 1.165) is 16.8 Å². The number of hydrogen-bond acceptors (Lipinski definition) is 3. The quantitative estimate of drug-likeness (QED) is 0.706. The minimum atomic E-state index is -0.264. The van der Waals surface area contributed by atoms with Gasteiger partial charge in [-0.1, -0.05) is 12.1 Å². The summed E-state index contributed by atoms with van der Waals surface area (Å²) in [5.74, 6) is 0.369. The molecule has 0 saturated heterocycles. The minimum Gasteiger partial charge on any atom is -0.220 e. The van der Waals surface area contributed by atoms with E-state index in [0.29, 0.717) is 5.82 Å². The molecular weight excluding hydrogens is 243 g/mol. The van der Waals surface area contributed by atoms with Gasteiger partial charge in [-0.2, -0.15) is 10.2 Å². The predicted molar refractivity (Wildman–Crippen MR) is 69.3 cm³/mol. The van der Waals surface area contributed by atoms with Crippen LogP contribution in [0.3, 0.4) is 0 Å². The molecule has 1 aromatic carbocycles. The number of halogens is 1. The average molecular weight is 254 g/mol. The van der Waals surface area contributed by atoms with Gasteiger partial charge in [-0.05, 0) is 36.8 Å². The van der Waals surface area contributed by atoms with Crippen molar-refractivity contribution >= 4 is 0 Å². The second-order valence-corrected chi connectivity index (χ2v) is 4.22. The molecule has 0 fully saturated rings. The Kier molecular flexibility index (Phi) is 2.79. The molecule has 2 heterocycles. The third-order valence-corrected chi connectivity index (χ3v) is 2.76. The molecule has 0 aliphatic carbocycles. The maximum Gasteiger partial charge on any atom is 0.175 e. The Hall–Kier alpha value is -2.56. The topological polar surface area (TPSA) is 43.6 Å². The lowest BCUT2D eigenvalue weighted by Gasteiger charge is -1.99. The first kappa shape index (κ1) is 11.5. The Balaban J connectivity index is 1.97. The molecule has 5 heteroatoms. The molecule has 94 valence electrons. The fourth-order valence-electron chi connectivity index (χ4n) is 1.78. The SMILES string of the molecule is Cc1ccc(-n2cc(-c3cccc(F)c3)cn2)nn1. The summed E-state index contributed by atoms with van der Waals surface area (Å²) in [6, 6.07) is 10.1. The van der Waals surface area contributed by atoms with Crippen LogP contribution in [0.25, 0.3) is 16.9 Å². The van der Waals surface area contributed by atoms with E-state index in [1.165, 1.54) is 12.1 Å². The highest BCUT2D eigenvalue weighted by atomic mass is 19.1. The molecule has 4 nitrogen and oxygen atoms in total. The van der Waals surface area contributed by atoms with Crippen molar-refractivity contribution in [2.75, 3.05) is 0 Å². The van der Waals surface area contributed by atoms with Crippen LogP contribution in [-0.4, -0.2) is 20.0 Å². The van der Waals surface area contributed by atoms with Crippen molar-refractivity contribution in [3.8, 4) is 16.9 Å². The number of rotatable bonds is 2. The number of aromatic nitrogens is 4. The second kappa shape index (κ2) is 4.61. The van der Waals surface area contributed by atoms with Crippen LogP contribution in [-0.2, 0) is 0 Å². The lowest BCUT2D eigenvalue weighted by molar-refractivity contribution is 0.628. The molecule has 0 aliphatic heterocycles. The van der Waals surface area contributed by atoms with E-state index in [1.807, 2.05) is 25.1 Å². The fraction of sp³-hybridized carbons (Fsp3) is 0.0714. The smallest absolute Gasteiger partial charge is 0.175 e. The molecule has 0 N–H and O–H groups in total. The molecule has 0 aliphatic rings. The summed E-state index contributed by atoms with van der Waals surface area (Å²) in [6.45, 7) is 1.87. The summed E-state index contributed by atoms with van der Waals surface area (Å²) in [7, 11) is 0. The van der Waals surface area contributed by atoms with Crippen LogP contribution in [0.15, 0.2) is 48.8 Å². The van der Waals surface area contributed by atoms with Crippen molar-refractivity contribution in [3.05, 3.63) is 60.3 Å². The van der Waals surface area contributed by atoms with E-state index in [4.69, 9.17) is 0 Å². The van der Waals surface area contributed by atoms with Gasteiger partial charge in [0, 0.05) is 11.8 Å². The fourth-order valence-corrected chi connectivity index (χ4v) is 1.78. The summed E-state index contributed by atoms with van der Waals surface area (Å²) in [6.07, 6.45) is 3.48. The maximum absolute atomic E-state index is 13.2. The van der Waals surface area contributed by atoms with Gasteiger partial charge in [-0.25, -0.2) is 9.07 Å². The number of nitrogens with zero attached hydrogens (tertiary/aromatic N) is 4. The second-order valence-electron chi connectivity index (χ2n) is 4.22. The van der Waals surface area contributed by atoms with Gasteiger partial charge in [0.05, 0.1) is 11.9 Å². The zero-order valence-electron chi connectivity index (χ0n) is 10.3. The van der Waals surface area contributed by atoms with Crippen molar-refractivity contribution in [3.63, 3.8) is 0 Å². The first-order valence-electron chi connectivity index (χ1n) is 5.84. The van der Waals surface area contributed by atoms with Crippen LogP contribution in [0.5, 0.6) is 0 Å². The molecule has 0 amide bonds. The summed E-state index contributed by atoms with van der Waals surface area (Å²) in [5, 5.41) is 12.2. The Bertz CT molecular complexity index is 703. The summed E-state index contributed by atoms with van der Waals surface area (Å²) < 4.78 is 14.8. The molecule has 0 spiro atoms. The Morgan fingerprint density at radius 1 is 1.05 bits per heavy atom. The van der Waals surface area contributed by atoms with E-state index in [-0.39, 0.29) is 5.82 Å². The zero-order valence-corrected chi connectivity index (χ0v) is 10.3. The van der Waals surface area contributed by atoms with Gasteiger partial charge in [0.2, 0.25) is 0 Å². The number of hydrogen-bond donors (Lipinski definition) is 0. The van der Waals surface area contributed by atoms with E-state index >= 15 is 0 Å². The standard InChI is InChI=1S/C14H11FN4/c1-10-5-6-14(18-17-10)19-9-12(8-16-19)11-3-2-4-13(15)7-11/h2-9H,1H3. The van der Waals surface area contributed by atoms with E-state index in [2.05, 4.69) is 15.3 Å². The van der Waals surface area contributed by atoms with Gasteiger partial charge in [-0.3, -0.25) is 0 Å². The van der Waals surface area contributed by atoms with E-state index in [1.54, 1.807) is 23.1 Å². The molecule has 3 rings (SSSR count). The number of aryl methyl sites for hydroxylation is 1. The Labute approximate surface area is 109 Å². The lowest BCUT2D eigenvalue weighted by atomic mass is 10.1. The zero-order chi connectivity index (χ0) is 13.2. The Morgan fingerprint density at radius 3 is 2.68 bits per heavy atom. The van der Waals surface area contributed by atoms with Gasteiger partial charge >= 0.3 is 0 Å². The molecule has 0 saturated carbocycles. The molecule has 0 radical (unpaired) electrons. The van der Waals surface area contributed by atoms with Gasteiger partial charge in [-0.15, -0.1) is 5.10 Å². The predicted octanol–water partition coefficient (Wildman–Crippen LogP) is 2.78. The third kappa shape index (κ3) is 2.35. The third-order valence-electron chi connectivity index (χ3n) is 2.76. The van der Waals surface area contributed by atoms with E-state index < -0.39 is 0 Å². The first-order valence-corrected chi connectivity index (χ1v) is 5.84. The summed E-state index contributed by atoms with van der Waals surface area (Å²) in [4.78, 5) is 0. The Morgan fingerprint density at radius 2 is 1.95 bits per heavy atom. The molecular formula is C14H11FN4.